The standard InChI is InChI=1S/C9H10N2O5/c10-7(12)1-2-11-8(13)6-3-5(4-16-6)9(14)15/h3-4H,1-2H2,(H2,10,12)(H,11,13)(H,14,15). The summed E-state index contributed by atoms with van der Waals surface area (Å²) in [7, 11) is 0. The second-order valence-corrected chi connectivity index (χ2v) is 2.98. The number of aromatic carboxylic acids is 1. The Bertz CT molecular complexity index is 423. The van der Waals surface area contributed by atoms with Gasteiger partial charge in [-0.15, -0.1) is 0 Å². The van der Waals surface area contributed by atoms with E-state index in [4.69, 9.17) is 15.3 Å². The lowest BCUT2D eigenvalue weighted by Crippen LogP contribution is -2.27. The van der Waals surface area contributed by atoms with Gasteiger partial charge in [0.2, 0.25) is 5.91 Å². The summed E-state index contributed by atoms with van der Waals surface area (Å²) in [5.74, 6) is -2.43. The number of rotatable bonds is 5. The fourth-order valence-corrected chi connectivity index (χ4v) is 0.954. The van der Waals surface area contributed by atoms with E-state index >= 15 is 0 Å². The Balaban J connectivity index is 2.53. The van der Waals surface area contributed by atoms with Crippen LogP contribution in [0.25, 0.3) is 0 Å². The minimum absolute atomic E-state index is 0.0121. The summed E-state index contributed by atoms with van der Waals surface area (Å²) in [5.41, 5.74) is 4.76. The average molecular weight is 226 g/mol. The quantitative estimate of drug-likeness (QED) is 0.629. The average Bonchev–Trinajstić information content (AvgIpc) is 2.65. The molecule has 0 aliphatic carbocycles. The molecule has 0 spiro atoms. The van der Waals surface area contributed by atoms with Crippen molar-refractivity contribution in [3.05, 3.63) is 23.7 Å². The first-order chi connectivity index (χ1) is 7.50. The van der Waals surface area contributed by atoms with Gasteiger partial charge in [-0.05, 0) is 0 Å². The van der Waals surface area contributed by atoms with Gasteiger partial charge >= 0.3 is 5.97 Å². The molecule has 0 unspecified atom stereocenters. The maximum atomic E-state index is 11.3. The summed E-state index contributed by atoms with van der Waals surface area (Å²) >= 11 is 0. The van der Waals surface area contributed by atoms with Crippen molar-refractivity contribution < 1.29 is 23.9 Å². The van der Waals surface area contributed by atoms with Crippen molar-refractivity contribution in [1.29, 1.82) is 0 Å². The van der Waals surface area contributed by atoms with E-state index in [2.05, 4.69) is 5.32 Å². The molecule has 2 amide bonds. The van der Waals surface area contributed by atoms with Crippen LogP contribution in [0.1, 0.15) is 27.3 Å². The Morgan fingerprint density at radius 3 is 2.62 bits per heavy atom. The monoisotopic (exact) mass is 226 g/mol. The number of hydrogen-bond donors (Lipinski definition) is 3. The largest absolute Gasteiger partial charge is 0.478 e. The predicted octanol–water partition coefficient (Wildman–Crippen LogP) is -0.417. The van der Waals surface area contributed by atoms with Gasteiger partial charge in [0, 0.05) is 19.0 Å². The molecule has 0 aliphatic heterocycles. The third-order valence-corrected chi connectivity index (χ3v) is 1.73. The van der Waals surface area contributed by atoms with Crippen LogP contribution in [-0.2, 0) is 4.79 Å². The summed E-state index contributed by atoms with van der Waals surface area (Å²) in [5, 5.41) is 10.9. The first kappa shape index (κ1) is 11.8. The maximum Gasteiger partial charge on any atom is 0.338 e. The van der Waals surface area contributed by atoms with Crippen molar-refractivity contribution in [3.63, 3.8) is 0 Å². The van der Waals surface area contributed by atoms with Crippen LogP contribution in [0.15, 0.2) is 16.7 Å². The minimum Gasteiger partial charge on any atom is -0.478 e. The van der Waals surface area contributed by atoms with Crippen LogP contribution >= 0.6 is 0 Å². The third kappa shape index (κ3) is 3.12. The van der Waals surface area contributed by atoms with Crippen molar-refractivity contribution >= 4 is 17.8 Å². The van der Waals surface area contributed by atoms with E-state index in [1.54, 1.807) is 0 Å². The Labute approximate surface area is 90.2 Å². The Morgan fingerprint density at radius 1 is 1.44 bits per heavy atom. The van der Waals surface area contributed by atoms with Gasteiger partial charge in [0.15, 0.2) is 5.76 Å². The van der Waals surface area contributed by atoms with Gasteiger partial charge in [0.05, 0.1) is 5.56 Å². The Kier molecular flexibility index (Phi) is 3.65. The molecule has 0 saturated carbocycles. The zero-order valence-corrected chi connectivity index (χ0v) is 8.23. The first-order valence-corrected chi connectivity index (χ1v) is 4.39. The molecule has 1 aromatic rings. The number of nitrogens with one attached hydrogen (secondary N) is 1. The molecule has 0 saturated heterocycles. The van der Waals surface area contributed by atoms with Crippen molar-refractivity contribution in [3.8, 4) is 0 Å². The lowest BCUT2D eigenvalue weighted by molar-refractivity contribution is -0.117. The van der Waals surface area contributed by atoms with Gasteiger partial charge in [0.25, 0.3) is 5.91 Å². The van der Waals surface area contributed by atoms with Crippen LogP contribution in [0.3, 0.4) is 0 Å². The highest BCUT2D eigenvalue weighted by molar-refractivity contribution is 5.95. The van der Waals surface area contributed by atoms with Gasteiger partial charge in [-0.25, -0.2) is 4.79 Å². The van der Waals surface area contributed by atoms with E-state index in [1.165, 1.54) is 0 Å². The number of nitrogens with two attached hydrogens (primary N) is 1. The molecular formula is C9H10N2O5. The third-order valence-electron chi connectivity index (χ3n) is 1.73. The van der Waals surface area contributed by atoms with Crippen LogP contribution in [0.5, 0.6) is 0 Å². The molecular weight excluding hydrogens is 216 g/mol. The van der Waals surface area contributed by atoms with Gasteiger partial charge < -0.3 is 20.6 Å². The first-order valence-electron chi connectivity index (χ1n) is 4.39. The van der Waals surface area contributed by atoms with Gasteiger partial charge in [-0.2, -0.15) is 0 Å². The molecule has 0 atom stereocenters. The minimum atomic E-state index is -1.18. The smallest absolute Gasteiger partial charge is 0.338 e. The van der Waals surface area contributed by atoms with Crippen LogP contribution < -0.4 is 11.1 Å². The summed E-state index contributed by atoms with van der Waals surface area (Å²) in [4.78, 5) is 32.2. The van der Waals surface area contributed by atoms with Gasteiger partial charge in [-0.3, -0.25) is 9.59 Å². The van der Waals surface area contributed by atoms with Crippen LogP contribution in [-0.4, -0.2) is 29.4 Å². The number of furan rings is 1. The number of carbonyl (C=O) groups is 3. The fraction of sp³-hybridized carbons (Fsp3) is 0.222. The molecule has 1 rings (SSSR count). The highest BCUT2D eigenvalue weighted by Gasteiger charge is 2.14. The second kappa shape index (κ2) is 4.96. The molecule has 0 aliphatic rings. The summed E-state index contributed by atoms with van der Waals surface area (Å²) in [6, 6.07) is 1.10. The highest BCUT2D eigenvalue weighted by atomic mass is 16.4. The number of carbonyl (C=O) groups excluding carboxylic acids is 2. The number of carboxylic acids is 1. The van der Waals surface area contributed by atoms with Crippen LogP contribution in [0.4, 0.5) is 0 Å². The normalized spacial score (nSPS) is 9.75. The Morgan fingerprint density at radius 2 is 2.12 bits per heavy atom. The zero-order valence-electron chi connectivity index (χ0n) is 8.23. The summed E-state index contributed by atoms with van der Waals surface area (Å²) in [6.07, 6.45) is 0.976. The molecule has 0 bridgehead atoms. The number of hydrogen-bond acceptors (Lipinski definition) is 4. The van der Waals surface area contributed by atoms with Crippen molar-refractivity contribution in [1.82, 2.24) is 5.32 Å². The van der Waals surface area contributed by atoms with Gasteiger partial charge in [0.1, 0.15) is 6.26 Å². The molecule has 1 heterocycles. The van der Waals surface area contributed by atoms with E-state index < -0.39 is 17.8 Å². The predicted molar refractivity (Wildman–Crippen MR) is 51.8 cm³/mol. The van der Waals surface area contributed by atoms with E-state index in [0.717, 1.165) is 12.3 Å². The molecule has 16 heavy (non-hydrogen) atoms. The number of primary amides is 1. The summed E-state index contributed by atoms with van der Waals surface area (Å²) < 4.78 is 4.74. The fourth-order valence-electron chi connectivity index (χ4n) is 0.954. The molecule has 86 valence electrons. The van der Waals surface area contributed by atoms with Crippen molar-refractivity contribution in [2.75, 3.05) is 6.54 Å². The summed E-state index contributed by atoms with van der Waals surface area (Å²) in [6.45, 7) is 0.0806. The molecule has 1 aromatic heterocycles. The molecule has 0 fully saturated rings. The maximum absolute atomic E-state index is 11.3. The van der Waals surface area contributed by atoms with E-state index in [9.17, 15) is 14.4 Å². The molecule has 7 nitrogen and oxygen atoms in total. The Hall–Kier alpha value is -2.31. The zero-order chi connectivity index (χ0) is 12.1. The van der Waals surface area contributed by atoms with E-state index in [0.29, 0.717) is 0 Å². The van der Waals surface area contributed by atoms with Crippen molar-refractivity contribution in [2.24, 2.45) is 5.73 Å². The number of amides is 2. The lowest BCUT2D eigenvalue weighted by Gasteiger charge is -1.99. The van der Waals surface area contributed by atoms with Crippen LogP contribution in [0.2, 0.25) is 0 Å². The highest BCUT2D eigenvalue weighted by Crippen LogP contribution is 2.07. The molecule has 7 heteroatoms. The lowest BCUT2D eigenvalue weighted by atomic mass is 10.3. The second-order valence-electron chi connectivity index (χ2n) is 2.98. The van der Waals surface area contributed by atoms with Gasteiger partial charge in [-0.1, -0.05) is 0 Å². The van der Waals surface area contributed by atoms with E-state index in [1.807, 2.05) is 0 Å². The molecule has 0 radical (unpaired) electrons. The van der Waals surface area contributed by atoms with Crippen LogP contribution in [0, 0.1) is 0 Å². The number of carboxylic acid groups (broad SMARTS) is 1. The van der Waals surface area contributed by atoms with E-state index in [-0.39, 0.29) is 24.3 Å². The SMILES string of the molecule is NC(=O)CCNC(=O)c1cc(C(=O)O)co1. The topological polar surface area (TPSA) is 123 Å². The molecule has 0 aromatic carbocycles. The molecule has 4 N–H and O–H groups in total. The van der Waals surface area contributed by atoms with Crippen molar-refractivity contribution in [2.45, 2.75) is 6.42 Å².